The number of nitrogens with zero attached hydrogens (tertiary/aromatic N) is 4. The highest BCUT2D eigenvalue weighted by molar-refractivity contribution is 7.84. The minimum Gasteiger partial charge on any atom is -0.307 e. The van der Waals surface area contributed by atoms with Crippen LogP contribution in [0, 0.1) is 0 Å². The summed E-state index contributed by atoms with van der Waals surface area (Å²) in [4.78, 5) is 0. The smallest absolute Gasteiger partial charge is 0.165 e. The van der Waals surface area contributed by atoms with Gasteiger partial charge in [0.15, 0.2) is 5.82 Å². The fourth-order valence-electron chi connectivity index (χ4n) is 1.60. The lowest BCUT2D eigenvalue weighted by Gasteiger charge is -2.11. The molecule has 0 amide bonds. The van der Waals surface area contributed by atoms with Crippen molar-refractivity contribution in [2.24, 2.45) is 0 Å². The molecule has 1 aliphatic rings. The Morgan fingerprint density at radius 2 is 2.38 bits per heavy atom. The third-order valence-electron chi connectivity index (χ3n) is 2.58. The third kappa shape index (κ3) is 3.08. The van der Waals surface area contributed by atoms with Gasteiger partial charge in [0.05, 0.1) is 12.6 Å². The van der Waals surface area contributed by atoms with E-state index in [-0.39, 0.29) is 6.04 Å². The van der Waals surface area contributed by atoms with Gasteiger partial charge in [-0.1, -0.05) is 0 Å². The van der Waals surface area contributed by atoms with Gasteiger partial charge in [0.2, 0.25) is 0 Å². The van der Waals surface area contributed by atoms with Crippen molar-refractivity contribution in [3.63, 3.8) is 0 Å². The summed E-state index contributed by atoms with van der Waals surface area (Å²) in [5.74, 6) is 1.41. The maximum absolute atomic E-state index is 11.2. The van der Waals surface area contributed by atoms with Crippen molar-refractivity contribution in [2.45, 2.75) is 38.4 Å². The minimum absolute atomic E-state index is 0.0804. The molecule has 6 nitrogen and oxygen atoms in total. The van der Waals surface area contributed by atoms with Gasteiger partial charge in [-0.05, 0) is 30.2 Å². The van der Waals surface area contributed by atoms with Gasteiger partial charge in [0.1, 0.15) is 0 Å². The first-order valence-corrected chi connectivity index (χ1v) is 7.19. The molecule has 0 spiro atoms. The maximum atomic E-state index is 11.2. The number of hydrogen-bond acceptors (Lipinski definition) is 5. The Morgan fingerprint density at radius 1 is 1.62 bits per heavy atom. The zero-order valence-electron chi connectivity index (χ0n) is 9.59. The molecule has 2 unspecified atom stereocenters. The second-order valence-corrected chi connectivity index (χ2v) is 5.76. The normalized spacial score (nSPS) is 19.6. The van der Waals surface area contributed by atoms with Crippen LogP contribution < -0.4 is 5.32 Å². The van der Waals surface area contributed by atoms with Crippen LogP contribution in [0.2, 0.25) is 0 Å². The van der Waals surface area contributed by atoms with Gasteiger partial charge in [-0.25, -0.2) is 4.68 Å². The van der Waals surface area contributed by atoms with Gasteiger partial charge in [-0.3, -0.25) is 4.21 Å². The van der Waals surface area contributed by atoms with E-state index in [0.717, 1.165) is 5.82 Å². The molecule has 0 saturated heterocycles. The van der Waals surface area contributed by atoms with Crippen molar-refractivity contribution in [2.75, 3.05) is 12.0 Å². The van der Waals surface area contributed by atoms with E-state index in [1.807, 2.05) is 6.92 Å². The molecule has 16 heavy (non-hydrogen) atoms. The standard InChI is InChI=1S/C9H17N5OS/c1-7(6-16(2)15)14-9(11-12-13-14)5-10-8-3-4-8/h7-8,10H,3-6H2,1-2H3. The number of aromatic nitrogens is 4. The number of rotatable bonds is 6. The first-order valence-electron chi connectivity index (χ1n) is 5.47. The van der Waals surface area contributed by atoms with E-state index in [2.05, 4.69) is 20.8 Å². The highest BCUT2D eigenvalue weighted by Gasteiger charge is 2.22. The molecular weight excluding hydrogens is 226 g/mol. The molecule has 1 heterocycles. The maximum Gasteiger partial charge on any atom is 0.165 e. The summed E-state index contributed by atoms with van der Waals surface area (Å²) in [5, 5.41) is 15.0. The molecule has 90 valence electrons. The fourth-order valence-corrected chi connectivity index (χ4v) is 2.42. The van der Waals surface area contributed by atoms with Gasteiger partial charge in [-0.2, -0.15) is 0 Å². The largest absolute Gasteiger partial charge is 0.307 e. The van der Waals surface area contributed by atoms with Crippen LogP contribution in [0.5, 0.6) is 0 Å². The van der Waals surface area contributed by atoms with E-state index in [1.54, 1.807) is 10.9 Å². The Morgan fingerprint density at radius 3 is 3.00 bits per heavy atom. The van der Waals surface area contributed by atoms with Crippen molar-refractivity contribution >= 4 is 10.8 Å². The molecule has 1 saturated carbocycles. The summed E-state index contributed by atoms with van der Waals surface area (Å²) in [7, 11) is -0.826. The van der Waals surface area contributed by atoms with Crippen LogP contribution >= 0.6 is 0 Å². The molecule has 0 aromatic carbocycles. The molecular formula is C9H17N5OS. The van der Waals surface area contributed by atoms with Crippen LogP contribution in [-0.4, -0.2) is 42.5 Å². The van der Waals surface area contributed by atoms with Gasteiger partial charge < -0.3 is 5.32 Å². The Balaban J connectivity index is 1.96. The van der Waals surface area contributed by atoms with Crippen LogP contribution in [0.3, 0.4) is 0 Å². The van der Waals surface area contributed by atoms with Gasteiger partial charge in [-0.15, -0.1) is 5.10 Å². The Bertz CT molecular complexity index is 376. The molecule has 1 N–H and O–H groups in total. The van der Waals surface area contributed by atoms with Crippen molar-refractivity contribution in [3.05, 3.63) is 5.82 Å². The summed E-state index contributed by atoms with van der Waals surface area (Å²) in [6, 6.07) is 0.720. The van der Waals surface area contributed by atoms with E-state index in [4.69, 9.17) is 0 Å². The number of nitrogens with one attached hydrogen (secondary N) is 1. The first-order chi connectivity index (χ1) is 7.66. The predicted molar refractivity (Wildman–Crippen MR) is 61.3 cm³/mol. The molecule has 1 aromatic rings. The lowest BCUT2D eigenvalue weighted by atomic mass is 10.4. The monoisotopic (exact) mass is 243 g/mol. The van der Waals surface area contributed by atoms with Gasteiger partial charge in [0, 0.05) is 28.9 Å². The van der Waals surface area contributed by atoms with E-state index in [1.165, 1.54) is 12.8 Å². The van der Waals surface area contributed by atoms with E-state index >= 15 is 0 Å². The summed E-state index contributed by atoms with van der Waals surface area (Å²) < 4.78 is 12.9. The van der Waals surface area contributed by atoms with Crippen molar-refractivity contribution in [1.82, 2.24) is 25.5 Å². The molecule has 0 aliphatic heterocycles. The highest BCUT2D eigenvalue weighted by Crippen LogP contribution is 2.19. The van der Waals surface area contributed by atoms with Crippen LogP contribution in [0.1, 0.15) is 31.6 Å². The summed E-state index contributed by atoms with van der Waals surface area (Å²) in [6.45, 7) is 2.68. The zero-order valence-corrected chi connectivity index (χ0v) is 10.4. The second-order valence-electron chi connectivity index (χ2n) is 4.28. The van der Waals surface area contributed by atoms with Crippen LogP contribution in [-0.2, 0) is 17.3 Å². The average molecular weight is 243 g/mol. The first kappa shape index (κ1) is 11.7. The minimum atomic E-state index is -0.826. The molecule has 1 aliphatic carbocycles. The molecule has 0 radical (unpaired) electrons. The van der Waals surface area contributed by atoms with Crippen molar-refractivity contribution in [3.8, 4) is 0 Å². The van der Waals surface area contributed by atoms with Crippen LogP contribution in [0.4, 0.5) is 0 Å². The second kappa shape index (κ2) is 5.01. The van der Waals surface area contributed by atoms with Gasteiger partial charge >= 0.3 is 0 Å². The topological polar surface area (TPSA) is 72.7 Å². The quantitative estimate of drug-likeness (QED) is 0.753. The van der Waals surface area contributed by atoms with Gasteiger partial charge in [0.25, 0.3) is 0 Å². The van der Waals surface area contributed by atoms with Crippen LogP contribution in [0.25, 0.3) is 0 Å². The zero-order chi connectivity index (χ0) is 11.5. The third-order valence-corrected chi connectivity index (χ3v) is 3.53. The SMILES string of the molecule is CC(CS(C)=O)n1nnnc1CNC1CC1. The average Bonchev–Trinajstić information content (AvgIpc) is 2.91. The fraction of sp³-hybridized carbons (Fsp3) is 0.889. The molecule has 1 fully saturated rings. The highest BCUT2D eigenvalue weighted by atomic mass is 32.2. The number of tetrazole rings is 1. The van der Waals surface area contributed by atoms with Crippen molar-refractivity contribution in [1.29, 1.82) is 0 Å². The number of hydrogen-bond donors (Lipinski definition) is 1. The van der Waals surface area contributed by atoms with Crippen LogP contribution in [0.15, 0.2) is 0 Å². The Kier molecular flexibility index (Phi) is 3.65. The molecule has 1 aromatic heterocycles. The molecule has 2 rings (SSSR count). The van der Waals surface area contributed by atoms with E-state index < -0.39 is 10.8 Å². The molecule has 2 atom stereocenters. The summed E-state index contributed by atoms with van der Waals surface area (Å²) in [6.07, 6.45) is 4.19. The van der Waals surface area contributed by atoms with Crippen molar-refractivity contribution < 1.29 is 4.21 Å². The lowest BCUT2D eigenvalue weighted by molar-refractivity contribution is 0.483. The predicted octanol–water partition coefficient (Wildman–Crippen LogP) is -0.135. The summed E-state index contributed by atoms with van der Waals surface area (Å²) in [5.41, 5.74) is 0. The lowest BCUT2D eigenvalue weighted by Crippen LogP contribution is -2.22. The van der Waals surface area contributed by atoms with E-state index in [0.29, 0.717) is 18.3 Å². The summed E-state index contributed by atoms with van der Waals surface area (Å²) >= 11 is 0. The van der Waals surface area contributed by atoms with E-state index in [9.17, 15) is 4.21 Å². The molecule has 0 bridgehead atoms. The molecule has 7 heteroatoms. The Hall–Kier alpha value is -0.820. The Labute approximate surface area is 97.3 Å².